The number of ether oxygens (including phenoxy) is 1. The Balaban J connectivity index is 1.77. The van der Waals surface area contributed by atoms with Gasteiger partial charge >= 0.3 is 7.82 Å². The minimum atomic E-state index is -4.26. The Morgan fingerprint density at radius 3 is 2.69 bits per heavy atom. The van der Waals surface area contributed by atoms with Crippen molar-refractivity contribution in [3.8, 4) is 34.1 Å². The summed E-state index contributed by atoms with van der Waals surface area (Å²) in [7, 11) is 1.10. The molecule has 0 saturated heterocycles. The number of nitriles is 1. The summed E-state index contributed by atoms with van der Waals surface area (Å²) in [5.41, 5.74) is 4.10. The zero-order valence-corrected chi connectivity index (χ0v) is 24.5. The molecule has 13 heteroatoms. The van der Waals surface area contributed by atoms with Crippen LogP contribution in [0.1, 0.15) is 12.6 Å². The Morgan fingerprint density at radius 2 is 1.98 bits per heavy atom. The molecule has 4 rings (SSSR count). The lowest BCUT2D eigenvalue weighted by molar-refractivity contribution is -0.111. The number of rotatable bonds is 12. The van der Waals surface area contributed by atoms with Gasteiger partial charge in [0.05, 0.1) is 13.7 Å². The van der Waals surface area contributed by atoms with Crippen LogP contribution in [0.3, 0.4) is 0 Å². The zero-order valence-electron chi connectivity index (χ0n) is 23.6. The molecule has 4 aromatic rings. The molecule has 0 aliphatic rings. The second kappa shape index (κ2) is 13.5. The molecular weight excluding hydrogens is 559 g/mol. The van der Waals surface area contributed by atoms with Crippen molar-refractivity contribution >= 4 is 30.5 Å². The standard InChI is InChI=1S/C29H31N6O6P/c1-5-40-42(37,38)41-19-35-18-27(20-8-9-31-24(11-20)16-30)26-14-22(17-32-29(26)35)21-12-23(15-25(13-21)39-4)33-28(36)7-6-10-34(2)3/h6-9,11-15,17-18H,5,10,19H2,1-4H3,(H,33,36)(H,37,38)/b7-6+. The van der Waals surface area contributed by atoms with Crippen molar-refractivity contribution < 1.29 is 28.0 Å². The SMILES string of the molecule is CCOP(=O)(O)OCn1cc(-c2ccnc(C#N)c2)c2cc(-c3cc(NC(=O)/C=C/CN(C)C)cc(OC)c3)cnc21. The highest BCUT2D eigenvalue weighted by atomic mass is 31.2. The van der Waals surface area contributed by atoms with Crippen molar-refractivity contribution in [2.45, 2.75) is 13.7 Å². The van der Waals surface area contributed by atoms with Crippen molar-refractivity contribution in [3.63, 3.8) is 0 Å². The molecule has 1 aromatic carbocycles. The molecule has 0 spiro atoms. The monoisotopic (exact) mass is 590 g/mol. The number of benzene rings is 1. The predicted octanol–water partition coefficient (Wildman–Crippen LogP) is 4.81. The number of methoxy groups -OCH3 is 1. The third-order valence-electron chi connectivity index (χ3n) is 6.03. The Kier molecular flexibility index (Phi) is 9.85. The highest BCUT2D eigenvalue weighted by Crippen LogP contribution is 2.44. The maximum absolute atomic E-state index is 12.5. The van der Waals surface area contributed by atoms with E-state index in [-0.39, 0.29) is 24.9 Å². The van der Waals surface area contributed by atoms with E-state index in [1.54, 1.807) is 55.3 Å². The van der Waals surface area contributed by atoms with Gasteiger partial charge < -0.3 is 24.4 Å². The number of amides is 1. The quantitative estimate of drug-likeness (QED) is 0.174. The molecule has 1 unspecified atom stereocenters. The molecule has 0 aliphatic heterocycles. The van der Waals surface area contributed by atoms with Crippen LogP contribution in [-0.4, -0.2) is 64.6 Å². The fourth-order valence-electron chi connectivity index (χ4n) is 4.16. The van der Waals surface area contributed by atoms with Crippen molar-refractivity contribution in [2.75, 3.05) is 39.7 Å². The number of carbonyl (C=O) groups excluding carboxylic acids is 1. The van der Waals surface area contributed by atoms with E-state index in [4.69, 9.17) is 13.8 Å². The summed E-state index contributed by atoms with van der Waals surface area (Å²) in [6.45, 7) is 1.93. The van der Waals surface area contributed by atoms with Crippen molar-refractivity contribution in [1.82, 2.24) is 19.4 Å². The molecule has 1 amide bonds. The van der Waals surface area contributed by atoms with Gasteiger partial charge in [0.1, 0.15) is 29.9 Å². The molecule has 12 nitrogen and oxygen atoms in total. The molecule has 0 bridgehead atoms. The summed E-state index contributed by atoms with van der Waals surface area (Å²) in [4.78, 5) is 33.1. The first-order valence-corrected chi connectivity index (χ1v) is 14.4. The van der Waals surface area contributed by atoms with Gasteiger partial charge in [-0.3, -0.25) is 13.8 Å². The Labute approximate surface area is 243 Å². The van der Waals surface area contributed by atoms with E-state index in [1.165, 1.54) is 12.3 Å². The predicted molar refractivity (Wildman–Crippen MR) is 159 cm³/mol. The van der Waals surface area contributed by atoms with Crippen LogP contribution in [0, 0.1) is 11.3 Å². The third-order valence-corrected chi connectivity index (χ3v) is 7.06. The van der Waals surface area contributed by atoms with Gasteiger partial charge in [-0.05, 0) is 62.5 Å². The lowest BCUT2D eigenvalue weighted by Crippen LogP contribution is -2.13. The Bertz CT molecular complexity index is 1710. The van der Waals surface area contributed by atoms with Gasteiger partial charge in [-0.15, -0.1) is 0 Å². The highest BCUT2D eigenvalue weighted by molar-refractivity contribution is 7.47. The smallest absolute Gasteiger partial charge is 0.473 e. The lowest BCUT2D eigenvalue weighted by atomic mass is 10.0. The van der Waals surface area contributed by atoms with Gasteiger partial charge in [-0.2, -0.15) is 5.26 Å². The fourth-order valence-corrected chi connectivity index (χ4v) is 4.83. The number of hydrogen-bond acceptors (Lipinski definition) is 9. The zero-order chi connectivity index (χ0) is 30.3. The van der Waals surface area contributed by atoms with Gasteiger partial charge in [0.15, 0.2) is 0 Å². The van der Waals surface area contributed by atoms with E-state index < -0.39 is 7.82 Å². The van der Waals surface area contributed by atoms with E-state index in [0.717, 1.165) is 11.1 Å². The van der Waals surface area contributed by atoms with Crippen molar-refractivity contribution in [3.05, 3.63) is 72.8 Å². The molecule has 0 saturated carbocycles. The maximum Gasteiger partial charge on any atom is 0.473 e. The summed E-state index contributed by atoms with van der Waals surface area (Å²) in [6.07, 6.45) is 8.15. The fraction of sp³-hybridized carbons (Fsp3) is 0.241. The Hall–Kier alpha value is -4.37. The van der Waals surface area contributed by atoms with Crippen molar-refractivity contribution in [2.24, 2.45) is 0 Å². The number of aromatic nitrogens is 3. The number of carbonyl (C=O) groups is 1. The average molecular weight is 591 g/mol. The van der Waals surface area contributed by atoms with Crippen LogP contribution < -0.4 is 10.1 Å². The minimum Gasteiger partial charge on any atom is -0.497 e. The van der Waals surface area contributed by atoms with Gasteiger partial charge in [-0.1, -0.05) is 6.08 Å². The molecule has 42 heavy (non-hydrogen) atoms. The van der Waals surface area contributed by atoms with Crippen molar-refractivity contribution in [1.29, 1.82) is 5.26 Å². The number of anilines is 1. The van der Waals surface area contributed by atoms with Gasteiger partial charge in [-0.25, -0.2) is 14.5 Å². The van der Waals surface area contributed by atoms with Crippen LogP contribution >= 0.6 is 7.82 Å². The van der Waals surface area contributed by atoms with Crippen LogP contribution in [0.4, 0.5) is 5.69 Å². The molecule has 218 valence electrons. The van der Waals surface area contributed by atoms with Crippen LogP contribution in [0.25, 0.3) is 33.3 Å². The minimum absolute atomic E-state index is 0.0103. The molecule has 0 radical (unpaired) electrons. The first-order valence-electron chi connectivity index (χ1n) is 12.9. The summed E-state index contributed by atoms with van der Waals surface area (Å²) in [5.74, 6) is 0.261. The second-order valence-electron chi connectivity index (χ2n) is 9.40. The topological polar surface area (TPSA) is 152 Å². The summed E-state index contributed by atoms with van der Waals surface area (Å²) in [5, 5.41) is 12.9. The highest BCUT2D eigenvalue weighted by Gasteiger charge is 2.22. The normalized spacial score (nSPS) is 12.9. The molecule has 2 N–H and O–H groups in total. The number of phosphoric ester groups is 1. The molecule has 3 heterocycles. The van der Waals surface area contributed by atoms with Crippen LogP contribution in [0.5, 0.6) is 5.75 Å². The van der Waals surface area contributed by atoms with E-state index in [9.17, 15) is 19.5 Å². The van der Waals surface area contributed by atoms with E-state index >= 15 is 0 Å². The van der Waals surface area contributed by atoms with E-state index in [1.807, 2.05) is 43.3 Å². The summed E-state index contributed by atoms with van der Waals surface area (Å²) >= 11 is 0. The van der Waals surface area contributed by atoms with Crippen LogP contribution in [0.15, 0.2) is 67.1 Å². The van der Waals surface area contributed by atoms with E-state index in [2.05, 4.69) is 15.3 Å². The molecular formula is C29H31N6O6P. The second-order valence-corrected chi connectivity index (χ2v) is 10.9. The van der Waals surface area contributed by atoms with Crippen LogP contribution in [0.2, 0.25) is 0 Å². The number of hydrogen-bond donors (Lipinski definition) is 2. The van der Waals surface area contributed by atoms with E-state index in [0.29, 0.717) is 40.1 Å². The number of pyridine rings is 2. The largest absolute Gasteiger partial charge is 0.497 e. The average Bonchev–Trinajstić information content (AvgIpc) is 3.33. The number of phosphoric acid groups is 1. The molecule has 1 atom stereocenters. The number of nitrogens with zero attached hydrogens (tertiary/aromatic N) is 5. The molecule has 3 aromatic heterocycles. The maximum atomic E-state index is 12.5. The van der Waals surface area contributed by atoms with Gasteiger partial charge in [0, 0.05) is 59.5 Å². The number of nitrogens with one attached hydrogen (secondary N) is 1. The summed E-state index contributed by atoms with van der Waals surface area (Å²) in [6, 6.07) is 12.7. The number of likely N-dealkylation sites (N-methyl/N-ethyl adjacent to an activating group) is 1. The summed E-state index contributed by atoms with van der Waals surface area (Å²) < 4.78 is 29.2. The first-order chi connectivity index (χ1) is 20.1. The Morgan fingerprint density at radius 1 is 1.17 bits per heavy atom. The molecule has 0 aliphatic carbocycles. The first kappa shape index (κ1) is 30.6. The third kappa shape index (κ3) is 7.67. The number of fused-ring (bicyclic) bond motifs is 1. The van der Waals surface area contributed by atoms with Gasteiger partial charge in [0.2, 0.25) is 5.91 Å². The van der Waals surface area contributed by atoms with Gasteiger partial charge in [0.25, 0.3) is 0 Å². The molecule has 0 fully saturated rings. The van der Waals surface area contributed by atoms with Crippen LogP contribution in [-0.2, 0) is 25.1 Å². The lowest BCUT2D eigenvalue weighted by Gasteiger charge is -2.12.